The second-order valence-corrected chi connectivity index (χ2v) is 5.61. The molecule has 0 aromatic heterocycles. The average Bonchev–Trinajstić information content (AvgIpc) is 2.39. The molecule has 1 saturated heterocycles. The monoisotopic (exact) mass is 262 g/mol. The van der Waals surface area contributed by atoms with Crippen molar-refractivity contribution in [3.8, 4) is 0 Å². The van der Waals surface area contributed by atoms with Crippen LogP contribution < -0.4 is 10.2 Å². The Morgan fingerprint density at radius 3 is 2.26 bits per heavy atom. The van der Waals surface area contributed by atoms with Crippen molar-refractivity contribution in [1.82, 2.24) is 0 Å². The second-order valence-electron chi connectivity index (χ2n) is 5.61. The molecule has 0 saturated carbocycles. The van der Waals surface area contributed by atoms with Crippen LogP contribution in [0.2, 0.25) is 0 Å². The Kier molecular flexibility index (Phi) is 4.10. The fourth-order valence-corrected chi connectivity index (χ4v) is 2.19. The minimum Gasteiger partial charge on any atom is -0.381 e. The third-order valence-corrected chi connectivity index (χ3v) is 3.40. The first-order valence-corrected chi connectivity index (χ1v) is 6.86. The number of anilines is 2. The summed E-state index contributed by atoms with van der Waals surface area (Å²) in [6, 6.07) is 7.80. The van der Waals surface area contributed by atoms with Gasteiger partial charge >= 0.3 is 0 Å². The summed E-state index contributed by atoms with van der Waals surface area (Å²) < 4.78 is 0. The van der Waals surface area contributed by atoms with Crippen LogP contribution in [0.5, 0.6) is 0 Å². The van der Waals surface area contributed by atoms with E-state index in [2.05, 4.69) is 10.2 Å². The number of benzene rings is 1. The number of hydrogen-bond acceptors (Lipinski definition) is 3. The molecule has 0 bridgehead atoms. The molecule has 1 aliphatic heterocycles. The maximum atomic E-state index is 11.6. The van der Waals surface area contributed by atoms with E-state index in [9.17, 15) is 9.90 Å². The highest BCUT2D eigenvalue weighted by Crippen LogP contribution is 2.22. The third kappa shape index (κ3) is 3.70. The van der Waals surface area contributed by atoms with Crippen molar-refractivity contribution < 1.29 is 9.90 Å². The summed E-state index contributed by atoms with van der Waals surface area (Å²) in [5.74, 6) is -0.391. The molecule has 0 radical (unpaired) electrons. The zero-order chi connectivity index (χ0) is 13.9. The minimum atomic E-state index is -1.36. The molecule has 1 aromatic carbocycles. The van der Waals surface area contributed by atoms with Crippen molar-refractivity contribution in [3.05, 3.63) is 24.3 Å². The zero-order valence-electron chi connectivity index (χ0n) is 11.6. The Bertz CT molecular complexity index is 428. The Balaban J connectivity index is 2.00. The molecule has 2 N–H and O–H groups in total. The van der Waals surface area contributed by atoms with E-state index >= 15 is 0 Å². The van der Waals surface area contributed by atoms with Crippen molar-refractivity contribution in [2.24, 2.45) is 0 Å². The molecule has 4 nitrogen and oxygen atoms in total. The quantitative estimate of drug-likeness (QED) is 0.879. The molecule has 1 amide bonds. The second kappa shape index (κ2) is 5.61. The highest BCUT2D eigenvalue weighted by Gasteiger charge is 2.23. The van der Waals surface area contributed by atoms with Gasteiger partial charge in [0.25, 0.3) is 5.91 Å². The number of piperidine rings is 1. The number of nitrogens with zero attached hydrogens (tertiary/aromatic N) is 1. The molecule has 0 aliphatic carbocycles. The first-order valence-electron chi connectivity index (χ1n) is 6.86. The van der Waals surface area contributed by atoms with Crippen LogP contribution >= 0.6 is 0 Å². The molecule has 1 aromatic rings. The lowest BCUT2D eigenvalue weighted by Gasteiger charge is -2.29. The summed E-state index contributed by atoms with van der Waals surface area (Å²) >= 11 is 0. The van der Waals surface area contributed by atoms with Crippen LogP contribution in [0, 0.1) is 0 Å². The van der Waals surface area contributed by atoms with Crippen molar-refractivity contribution in [3.63, 3.8) is 0 Å². The minimum absolute atomic E-state index is 0.391. The van der Waals surface area contributed by atoms with Gasteiger partial charge in [-0.25, -0.2) is 0 Å². The number of aliphatic hydroxyl groups is 1. The summed E-state index contributed by atoms with van der Waals surface area (Å²) in [6.07, 6.45) is 3.81. The Hall–Kier alpha value is -1.55. The number of carbonyl (C=O) groups excluding carboxylic acids is 1. The smallest absolute Gasteiger partial charge is 0.255 e. The fraction of sp³-hybridized carbons (Fsp3) is 0.533. The summed E-state index contributed by atoms with van der Waals surface area (Å²) in [6.45, 7) is 5.17. The zero-order valence-corrected chi connectivity index (χ0v) is 11.6. The van der Waals surface area contributed by atoms with Gasteiger partial charge < -0.3 is 15.3 Å². The lowest BCUT2D eigenvalue weighted by Crippen LogP contribution is -2.36. The van der Waals surface area contributed by atoms with Crippen LogP contribution in [0.25, 0.3) is 0 Å². The van der Waals surface area contributed by atoms with Gasteiger partial charge in [0.15, 0.2) is 0 Å². The molecule has 104 valence electrons. The normalized spacial score (nSPS) is 16.3. The van der Waals surface area contributed by atoms with E-state index in [0.29, 0.717) is 5.69 Å². The van der Waals surface area contributed by atoms with Gasteiger partial charge in [0.2, 0.25) is 0 Å². The molecule has 1 aliphatic rings. The van der Waals surface area contributed by atoms with Gasteiger partial charge in [0.05, 0.1) is 0 Å². The van der Waals surface area contributed by atoms with Crippen molar-refractivity contribution >= 4 is 17.3 Å². The molecular weight excluding hydrogens is 240 g/mol. The van der Waals surface area contributed by atoms with Gasteiger partial charge in [-0.05, 0) is 57.4 Å². The maximum Gasteiger partial charge on any atom is 0.255 e. The first kappa shape index (κ1) is 13.9. The van der Waals surface area contributed by atoms with Crippen molar-refractivity contribution in [2.45, 2.75) is 38.7 Å². The largest absolute Gasteiger partial charge is 0.381 e. The molecule has 0 unspecified atom stereocenters. The molecule has 4 heteroatoms. The van der Waals surface area contributed by atoms with Crippen LogP contribution in [0.1, 0.15) is 33.1 Å². The number of rotatable bonds is 3. The van der Waals surface area contributed by atoms with E-state index in [1.54, 1.807) is 0 Å². The molecule has 1 heterocycles. The highest BCUT2D eigenvalue weighted by molar-refractivity contribution is 5.96. The van der Waals surface area contributed by atoms with Crippen molar-refractivity contribution in [2.75, 3.05) is 23.3 Å². The van der Waals surface area contributed by atoms with E-state index in [-0.39, 0.29) is 0 Å². The van der Waals surface area contributed by atoms with Gasteiger partial charge in [0.1, 0.15) is 5.60 Å². The van der Waals surface area contributed by atoms with Crippen LogP contribution in [-0.2, 0) is 4.79 Å². The fourth-order valence-electron chi connectivity index (χ4n) is 2.19. The van der Waals surface area contributed by atoms with Crippen LogP contribution in [0.15, 0.2) is 24.3 Å². The maximum absolute atomic E-state index is 11.6. The third-order valence-electron chi connectivity index (χ3n) is 3.40. The Morgan fingerprint density at radius 1 is 1.16 bits per heavy atom. The molecule has 1 fully saturated rings. The van der Waals surface area contributed by atoms with Gasteiger partial charge in [0, 0.05) is 24.5 Å². The lowest BCUT2D eigenvalue weighted by molar-refractivity contribution is -0.130. The summed E-state index contributed by atoms with van der Waals surface area (Å²) in [4.78, 5) is 14.0. The van der Waals surface area contributed by atoms with E-state index in [0.717, 1.165) is 13.1 Å². The standard InChI is InChI=1S/C15H22N2O2/c1-15(2,19)14(18)16-12-6-8-13(9-7-12)17-10-4-3-5-11-17/h6-9,19H,3-5,10-11H2,1-2H3,(H,16,18). The van der Waals surface area contributed by atoms with Crippen molar-refractivity contribution in [1.29, 1.82) is 0 Å². The van der Waals surface area contributed by atoms with E-state index < -0.39 is 11.5 Å². The lowest BCUT2D eigenvalue weighted by atomic mass is 10.1. The summed E-state index contributed by atoms with van der Waals surface area (Å²) in [5, 5.41) is 12.3. The number of hydrogen-bond donors (Lipinski definition) is 2. The summed E-state index contributed by atoms with van der Waals surface area (Å²) in [7, 11) is 0. The molecular formula is C15H22N2O2. The molecule has 0 spiro atoms. The van der Waals surface area contributed by atoms with Gasteiger partial charge in [-0.3, -0.25) is 4.79 Å². The Labute approximate surface area is 114 Å². The number of carbonyl (C=O) groups is 1. The molecule has 19 heavy (non-hydrogen) atoms. The van der Waals surface area contributed by atoms with E-state index in [4.69, 9.17) is 0 Å². The number of nitrogens with one attached hydrogen (secondary N) is 1. The van der Waals surface area contributed by atoms with E-state index in [1.807, 2.05) is 24.3 Å². The molecule has 0 atom stereocenters. The van der Waals surface area contributed by atoms with Crippen LogP contribution in [-0.4, -0.2) is 29.7 Å². The summed E-state index contributed by atoms with van der Waals surface area (Å²) in [5.41, 5.74) is 0.555. The first-order chi connectivity index (χ1) is 8.97. The van der Waals surface area contributed by atoms with Gasteiger partial charge in [-0.1, -0.05) is 0 Å². The Morgan fingerprint density at radius 2 is 1.74 bits per heavy atom. The predicted octanol–water partition coefficient (Wildman–Crippen LogP) is 2.39. The average molecular weight is 262 g/mol. The van der Waals surface area contributed by atoms with Gasteiger partial charge in [-0.2, -0.15) is 0 Å². The van der Waals surface area contributed by atoms with Crippen LogP contribution in [0.4, 0.5) is 11.4 Å². The number of amides is 1. The van der Waals surface area contributed by atoms with Gasteiger partial charge in [-0.15, -0.1) is 0 Å². The van der Waals surface area contributed by atoms with Crippen LogP contribution in [0.3, 0.4) is 0 Å². The highest BCUT2D eigenvalue weighted by atomic mass is 16.3. The SMILES string of the molecule is CC(C)(O)C(=O)Nc1ccc(N2CCCCC2)cc1. The van der Waals surface area contributed by atoms with E-state index in [1.165, 1.54) is 38.8 Å². The predicted molar refractivity (Wildman–Crippen MR) is 77.4 cm³/mol. The molecule has 2 rings (SSSR count). The topological polar surface area (TPSA) is 52.6 Å².